The Kier molecular flexibility index (Phi) is 5.43. The Hall–Kier alpha value is -2.28. The van der Waals surface area contributed by atoms with Gasteiger partial charge in [-0.05, 0) is 43.5 Å². The highest BCUT2D eigenvalue weighted by molar-refractivity contribution is 5.76. The maximum absolute atomic E-state index is 12.9. The van der Waals surface area contributed by atoms with Crippen LogP contribution in [0.25, 0.3) is 11.4 Å². The fraction of sp³-hybridized carbons (Fsp3) is 0.500. The molecule has 1 aromatic carbocycles. The summed E-state index contributed by atoms with van der Waals surface area (Å²) < 4.78 is 18.1. The molecule has 0 atom stereocenters. The number of halogens is 1. The first kappa shape index (κ1) is 17.5. The molecule has 1 saturated carbocycles. The van der Waals surface area contributed by atoms with Gasteiger partial charge in [-0.25, -0.2) is 4.39 Å². The highest BCUT2D eigenvalue weighted by atomic mass is 19.1. The first-order valence-electron chi connectivity index (χ1n) is 8.70. The molecule has 1 amide bonds. The number of amides is 1. The van der Waals surface area contributed by atoms with Gasteiger partial charge < -0.3 is 15.6 Å². The first-order valence-corrected chi connectivity index (χ1v) is 8.70. The Morgan fingerprint density at radius 3 is 2.68 bits per heavy atom. The Morgan fingerprint density at radius 1 is 1.28 bits per heavy atom. The molecule has 134 valence electrons. The minimum Gasteiger partial charge on any atom is -0.349 e. The number of benzene rings is 1. The monoisotopic (exact) mass is 346 g/mol. The number of rotatable bonds is 7. The predicted molar refractivity (Wildman–Crippen MR) is 91.0 cm³/mol. The zero-order chi connectivity index (χ0) is 17.7. The molecule has 7 heteroatoms. The Morgan fingerprint density at radius 2 is 2.00 bits per heavy atom. The van der Waals surface area contributed by atoms with E-state index in [0.717, 1.165) is 25.7 Å². The van der Waals surface area contributed by atoms with Crippen LogP contribution in [-0.4, -0.2) is 28.1 Å². The van der Waals surface area contributed by atoms with Crippen molar-refractivity contribution in [2.24, 2.45) is 5.73 Å². The average Bonchev–Trinajstić information content (AvgIpc) is 3.26. The molecule has 1 aliphatic rings. The maximum Gasteiger partial charge on any atom is 0.226 e. The van der Waals surface area contributed by atoms with Crippen molar-refractivity contribution in [3.05, 3.63) is 36.0 Å². The third-order valence-electron chi connectivity index (χ3n) is 4.72. The van der Waals surface area contributed by atoms with Crippen LogP contribution in [0.2, 0.25) is 0 Å². The van der Waals surface area contributed by atoms with Gasteiger partial charge in [0.15, 0.2) is 0 Å². The molecule has 6 nitrogen and oxygen atoms in total. The summed E-state index contributed by atoms with van der Waals surface area (Å²) >= 11 is 0. The van der Waals surface area contributed by atoms with Crippen LogP contribution in [0.1, 0.15) is 44.4 Å². The van der Waals surface area contributed by atoms with Crippen molar-refractivity contribution in [3.63, 3.8) is 0 Å². The van der Waals surface area contributed by atoms with Crippen molar-refractivity contribution in [3.8, 4) is 11.4 Å². The maximum atomic E-state index is 12.9. The number of hydrogen-bond acceptors (Lipinski definition) is 5. The van der Waals surface area contributed by atoms with E-state index in [0.29, 0.717) is 43.1 Å². The largest absolute Gasteiger partial charge is 0.349 e. The van der Waals surface area contributed by atoms with Crippen molar-refractivity contribution in [1.29, 1.82) is 0 Å². The molecule has 0 unspecified atom stereocenters. The van der Waals surface area contributed by atoms with E-state index >= 15 is 0 Å². The molecule has 1 fully saturated rings. The zero-order valence-electron chi connectivity index (χ0n) is 14.1. The normalized spacial score (nSPS) is 16.1. The number of aromatic nitrogens is 2. The third-order valence-corrected chi connectivity index (χ3v) is 4.72. The number of nitrogens with zero attached hydrogens (tertiary/aromatic N) is 2. The van der Waals surface area contributed by atoms with Gasteiger partial charge in [0.25, 0.3) is 0 Å². The van der Waals surface area contributed by atoms with E-state index < -0.39 is 0 Å². The second-order valence-electron chi connectivity index (χ2n) is 6.61. The van der Waals surface area contributed by atoms with Gasteiger partial charge in [0.1, 0.15) is 5.82 Å². The standard InChI is InChI=1S/C18H23FN4O2/c19-14-8-6-13(7-9-14)17-21-16(25-23-17)5-3-4-15(24)22-18(12-20)10-1-2-11-18/h6-9H,1-5,10-12,20H2,(H,22,24). The summed E-state index contributed by atoms with van der Waals surface area (Å²) in [7, 11) is 0. The van der Waals surface area contributed by atoms with Crippen molar-refractivity contribution in [2.75, 3.05) is 6.54 Å². The van der Waals surface area contributed by atoms with E-state index in [4.69, 9.17) is 10.3 Å². The average molecular weight is 346 g/mol. The van der Waals surface area contributed by atoms with Gasteiger partial charge >= 0.3 is 0 Å². The smallest absolute Gasteiger partial charge is 0.226 e. The molecule has 25 heavy (non-hydrogen) atoms. The lowest BCUT2D eigenvalue weighted by atomic mass is 9.97. The topological polar surface area (TPSA) is 94.0 Å². The first-order chi connectivity index (χ1) is 12.1. The summed E-state index contributed by atoms with van der Waals surface area (Å²) in [5, 5.41) is 6.99. The van der Waals surface area contributed by atoms with Crippen molar-refractivity contribution in [2.45, 2.75) is 50.5 Å². The molecule has 1 heterocycles. The molecule has 2 aromatic rings. The van der Waals surface area contributed by atoms with Crippen molar-refractivity contribution >= 4 is 5.91 Å². The fourth-order valence-electron chi connectivity index (χ4n) is 3.26. The number of aryl methyl sites for hydroxylation is 1. The van der Waals surface area contributed by atoms with E-state index in [-0.39, 0.29) is 17.3 Å². The molecule has 0 saturated heterocycles. The zero-order valence-corrected chi connectivity index (χ0v) is 14.1. The minimum absolute atomic E-state index is 0.0191. The molecule has 0 radical (unpaired) electrons. The summed E-state index contributed by atoms with van der Waals surface area (Å²) in [4.78, 5) is 16.4. The van der Waals surface area contributed by atoms with E-state index in [2.05, 4.69) is 15.5 Å². The quantitative estimate of drug-likeness (QED) is 0.803. The number of carbonyl (C=O) groups excluding carboxylic acids is 1. The minimum atomic E-state index is -0.309. The highest BCUT2D eigenvalue weighted by Gasteiger charge is 2.33. The van der Waals surface area contributed by atoms with Gasteiger partial charge in [-0.15, -0.1) is 0 Å². The summed E-state index contributed by atoms with van der Waals surface area (Å²) in [6.07, 6.45) is 5.70. The van der Waals surface area contributed by atoms with Crippen LogP contribution in [0.15, 0.2) is 28.8 Å². The summed E-state index contributed by atoms with van der Waals surface area (Å²) in [6.45, 7) is 0.490. The van der Waals surface area contributed by atoms with Crippen molar-refractivity contribution in [1.82, 2.24) is 15.5 Å². The van der Waals surface area contributed by atoms with Gasteiger partial charge in [0.05, 0.1) is 5.54 Å². The molecular formula is C18H23FN4O2. The SMILES string of the molecule is NCC1(NC(=O)CCCc2nc(-c3ccc(F)cc3)no2)CCCC1. The molecule has 1 aromatic heterocycles. The van der Waals surface area contributed by atoms with Crippen LogP contribution in [0.4, 0.5) is 4.39 Å². The van der Waals surface area contributed by atoms with Gasteiger partial charge in [-0.1, -0.05) is 18.0 Å². The molecule has 3 N–H and O–H groups in total. The van der Waals surface area contributed by atoms with Gasteiger partial charge in [0.2, 0.25) is 17.6 Å². The van der Waals surface area contributed by atoms with Gasteiger partial charge in [0, 0.05) is 24.9 Å². The Balaban J connectivity index is 1.47. The van der Waals surface area contributed by atoms with Crippen LogP contribution in [0, 0.1) is 5.82 Å². The number of carbonyl (C=O) groups is 1. The lowest BCUT2D eigenvalue weighted by Gasteiger charge is -2.28. The molecule has 0 aliphatic heterocycles. The summed E-state index contributed by atoms with van der Waals surface area (Å²) in [5.74, 6) is 0.607. The van der Waals surface area contributed by atoms with E-state index in [9.17, 15) is 9.18 Å². The van der Waals surface area contributed by atoms with Gasteiger partial charge in [-0.3, -0.25) is 4.79 Å². The third kappa shape index (κ3) is 4.42. The lowest BCUT2D eigenvalue weighted by Crippen LogP contribution is -2.51. The molecule has 0 bridgehead atoms. The van der Waals surface area contributed by atoms with Crippen LogP contribution < -0.4 is 11.1 Å². The predicted octanol–water partition coefficient (Wildman–Crippen LogP) is 2.59. The fourth-order valence-corrected chi connectivity index (χ4v) is 3.26. The number of nitrogens with one attached hydrogen (secondary N) is 1. The van der Waals surface area contributed by atoms with Gasteiger partial charge in [-0.2, -0.15) is 4.98 Å². The lowest BCUT2D eigenvalue weighted by molar-refractivity contribution is -0.123. The van der Waals surface area contributed by atoms with E-state index in [1.54, 1.807) is 12.1 Å². The number of hydrogen-bond donors (Lipinski definition) is 2. The van der Waals surface area contributed by atoms with Crippen LogP contribution >= 0.6 is 0 Å². The van der Waals surface area contributed by atoms with Crippen LogP contribution in [0.3, 0.4) is 0 Å². The van der Waals surface area contributed by atoms with E-state index in [1.165, 1.54) is 12.1 Å². The highest BCUT2D eigenvalue weighted by Crippen LogP contribution is 2.28. The molecular weight excluding hydrogens is 323 g/mol. The molecule has 0 spiro atoms. The second-order valence-corrected chi connectivity index (χ2v) is 6.61. The van der Waals surface area contributed by atoms with Crippen LogP contribution in [0.5, 0.6) is 0 Å². The summed E-state index contributed by atoms with van der Waals surface area (Å²) in [6, 6.07) is 5.91. The second kappa shape index (κ2) is 7.74. The van der Waals surface area contributed by atoms with Crippen LogP contribution in [-0.2, 0) is 11.2 Å². The number of nitrogens with two attached hydrogens (primary N) is 1. The summed E-state index contributed by atoms with van der Waals surface area (Å²) in [5.41, 5.74) is 6.32. The molecule has 1 aliphatic carbocycles. The molecule has 3 rings (SSSR count). The Bertz CT molecular complexity index is 708. The van der Waals surface area contributed by atoms with Crippen molar-refractivity contribution < 1.29 is 13.7 Å². The Labute approximate surface area is 146 Å². The van der Waals surface area contributed by atoms with E-state index in [1.807, 2.05) is 0 Å².